The summed E-state index contributed by atoms with van der Waals surface area (Å²) in [5, 5.41) is 0.543. The molecule has 0 saturated heterocycles. The fraction of sp³-hybridized carbons (Fsp3) is 1.00. The summed E-state index contributed by atoms with van der Waals surface area (Å²) in [5.41, 5.74) is 0. The fourth-order valence-electron chi connectivity index (χ4n) is 8.49. The van der Waals surface area contributed by atoms with Gasteiger partial charge in [-0.1, -0.05) is 132 Å². The first-order valence-corrected chi connectivity index (χ1v) is 23.4. The van der Waals surface area contributed by atoms with Crippen molar-refractivity contribution in [3.8, 4) is 0 Å². The van der Waals surface area contributed by atoms with E-state index in [4.69, 9.17) is 37.4 Å². The van der Waals surface area contributed by atoms with Crippen molar-refractivity contribution in [3.63, 3.8) is 0 Å². The topological polar surface area (TPSA) is 27.7 Å². The third-order valence-electron chi connectivity index (χ3n) is 10.9. The molecule has 5 heteroatoms. The molecule has 0 radical (unpaired) electrons. The molecule has 0 aliphatic carbocycles. The standard InChI is InChI=1S/C46H92Cl2O3/c1-11-13-15-17-19-21-29-49-45(27-23-25-37(3)31-39(5)33-41(7)35-43(9)47)51-46(50-30-22-20-18-16-14-12-2)28-24-26-38(4)32-40(6)34-42(8)36-44(10)48/h37-46H,11-36H2,1-10H3. The van der Waals surface area contributed by atoms with Crippen molar-refractivity contribution in [1.29, 1.82) is 0 Å². The van der Waals surface area contributed by atoms with Crippen LogP contribution in [0.2, 0.25) is 0 Å². The highest BCUT2D eigenvalue weighted by atomic mass is 35.5. The van der Waals surface area contributed by atoms with Gasteiger partial charge in [0.05, 0.1) is 0 Å². The molecule has 0 aromatic heterocycles. The lowest BCUT2D eigenvalue weighted by molar-refractivity contribution is -0.250. The van der Waals surface area contributed by atoms with Gasteiger partial charge in [-0.15, -0.1) is 23.2 Å². The van der Waals surface area contributed by atoms with E-state index in [1.165, 1.54) is 103 Å². The first-order valence-electron chi connectivity index (χ1n) is 22.5. The zero-order valence-corrected chi connectivity index (χ0v) is 37.7. The predicted octanol–water partition coefficient (Wildman–Crippen LogP) is 16.2. The predicted molar refractivity (Wildman–Crippen MR) is 228 cm³/mol. The number of hydrogen-bond acceptors (Lipinski definition) is 3. The molecule has 0 N–H and O–H groups in total. The molecule has 0 aromatic rings. The first kappa shape index (κ1) is 51.5. The third-order valence-corrected chi connectivity index (χ3v) is 11.2. The second kappa shape index (κ2) is 34.9. The molecular formula is C46H92Cl2O3. The lowest BCUT2D eigenvalue weighted by atomic mass is 9.86. The summed E-state index contributed by atoms with van der Waals surface area (Å²) in [4.78, 5) is 0. The van der Waals surface area contributed by atoms with Crippen LogP contribution in [0.4, 0.5) is 0 Å². The van der Waals surface area contributed by atoms with Gasteiger partial charge in [0.15, 0.2) is 12.6 Å². The molecule has 0 aliphatic rings. The Morgan fingerprint density at radius 3 is 1.02 bits per heavy atom. The van der Waals surface area contributed by atoms with Crippen molar-refractivity contribution >= 4 is 23.2 Å². The Hall–Kier alpha value is 0.460. The van der Waals surface area contributed by atoms with Crippen molar-refractivity contribution in [2.45, 2.75) is 247 Å². The normalized spacial score (nSPS) is 18.1. The third kappa shape index (κ3) is 34.7. The number of unbranched alkanes of at least 4 members (excludes halogenated alkanes) is 10. The molecule has 10 unspecified atom stereocenters. The molecule has 0 bridgehead atoms. The van der Waals surface area contributed by atoms with E-state index in [1.807, 2.05) is 0 Å². The molecule has 0 rings (SSSR count). The molecule has 0 aromatic carbocycles. The van der Waals surface area contributed by atoms with Gasteiger partial charge in [-0.05, 0) is 126 Å². The average molecular weight is 764 g/mol. The zero-order chi connectivity index (χ0) is 38.3. The van der Waals surface area contributed by atoms with Gasteiger partial charge in [0, 0.05) is 24.0 Å². The summed E-state index contributed by atoms with van der Waals surface area (Å²) in [6, 6.07) is 0. The van der Waals surface area contributed by atoms with Crippen molar-refractivity contribution in [3.05, 3.63) is 0 Å². The van der Waals surface area contributed by atoms with E-state index in [2.05, 4.69) is 69.2 Å². The van der Waals surface area contributed by atoms with E-state index in [-0.39, 0.29) is 23.3 Å². The van der Waals surface area contributed by atoms with Crippen LogP contribution in [0.1, 0.15) is 223 Å². The maximum absolute atomic E-state index is 6.78. The summed E-state index contributed by atoms with van der Waals surface area (Å²) in [6.07, 6.45) is 29.0. The van der Waals surface area contributed by atoms with E-state index in [9.17, 15) is 0 Å². The molecule has 3 nitrogen and oxygen atoms in total. The molecular weight excluding hydrogens is 671 g/mol. The minimum atomic E-state index is -0.173. The molecule has 51 heavy (non-hydrogen) atoms. The van der Waals surface area contributed by atoms with Crippen LogP contribution in [-0.4, -0.2) is 36.5 Å². The quantitative estimate of drug-likeness (QED) is 0.0356. The summed E-state index contributed by atoms with van der Waals surface area (Å²) >= 11 is 12.6. The van der Waals surface area contributed by atoms with Crippen molar-refractivity contribution in [2.75, 3.05) is 13.2 Å². The minimum Gasteiger partial charge on any atom is -0.353 e. The van der Waals surface area contributed by atoms with E-state index in [0.29, 0.717) is 23.7 Å². The first-order chi connectivity index (χ1) is 24.4. The van der Waals surface area contributed by atoms with E-state index in [0.717, 1.165) is 76.4 Å². The minimum absolute atomic E-state index is 0.173. The number of hydrogen-bond donors (Lipinski definition) is 0. The molecule has 308 valence electrons. The van der Waals surface area contributed by atoms with Crippen LogP contribution < -0.4 is 0 Å². The number of alkyl halides is 2. The van der Waals surface area contributed by atoms with Gasteiger partial charge < -0.3 is 14.2 Å². The van der Waals surface area contributed by atoms with Gasteiger partial charge in [-0.25, -0.2) is 0 Å². The second-order valence-electron chi connectivity index (χ2n) is 17.7. The molecule has 0 aliphatic heterocycles. The van der Waals surface area contributed by atoms with Gasteiger partial charge in [0.2, 0.25) is 0 Å². The highest BCUT2D eigenvalue weighted by molar-refractivity contribution is 6.20. The Morgan fingerprint density at radius 2 is 0.667 bits per heavy atom. The van der Waals surface area contributed by atoms with Gasteiger partial charge in [0.1, 0.15) is 0 Å². The SMILES string of the molecule is CCCCCCCCOC(CCCC(C)CC(C)CC(C)CC(C)Cl)OC(CCCC(C)CC(C)CC(C)CC(C)Cl)OCCCCCCCC. The second-order valence-corrected chi connectivity index (χ2v) is 19.2. The molecule has 0 spiro atoms. The smallest absolute Gasteiger partial charge is 0.160 e. The van der Waals surface area contributed by atoms with Crippen LogP contribution in [0.15, 0.2) is 0 Å². The van der Waals surface area contributed by atoms with E-state index < -0.39 is 0 Å². The zero-order valence-electron chi connectivity index (χ0n) is 36.1. The van der Waals surface area contributed by atoms with Gasteiger partial charge in [-0.3, -0.25) is 0 Å². The fourth-order valence-corrected chi connectivity index (χ4v) is 9.10. The van der Waals surface area contributed by atoms with Gasteiger partial charge in [-0.2, -0.15) is 0 Å². The van der Waals surface area contributed by atoms with Crippen LogP contribution in [0.25, 0.3) is 0 Å². The van der Waals surface area contributed by atoms with Crippen LogP contribution in [0, 0.1) is 35.5 Å². The number of rotatable bonds is 38. The summed E-state index contributed by atoms with van der Waals surface area (Å²) in [5.74, 6) is 4.30. The molecule has 10 atom stereocenters. The largest absolute Gasteiger partial charge is 0.353 e. The maximum Gasteiger partial charge on any atom is 0.160 e. The average Bonchev–Trinajstić information content (AvgIpc) is 3.02. The lowest BCUT2D eigenvalue weighted by Gasteiger charge is -2.27. The van der Waals surface area contributed by atoms with Crippen LogP contribution >= 0.6 is 23.2 Å². The summed E-state index contributed by atoms with van der Waals surface area (Å²) in [7, 11) is 0. The molecule has 0 amide bonds. The van der Waals surface area contributed by atoms with Gasteiger partial charge in [0.25, 0.3) is 0 Å². The summed E-state index contributed by atoms with van der Waals surface area (Å²) < 4.78 is 19.8. The van der Waals surface area contributed by atoms with Crippen molar-refractivity contribution in [2.24, 2.45) is 35.5 Å². The highest BCUT2D eigenvalue weighted by Crippen LogP contribution is 2.28. The van der Waals surface area contributed by atoms with Crippen LogP contribution in [-0.2, 0) is 14.2 Å². The molecule has 0 saturated carbocycles. The molecule has 0 fully saturated rings. The van der Waals surface area contributed by atoms with E-state index >= 15 is 0 Å². The highest BCUT2D eigenvalue weighted by Gasteiger charge is 2.21. The maximum atomic E-state index is 6.78. The number of ether oxygens (including phenoxy) is 3. The Bertz CT molecular complexity index is 661. The monoisotopic (exact) mass is 763 g/mol. The van der Waals surface area contributed by atoms with Crippen molar-refractivity contribution < 1.29 is 14.2 Å². The number of halogens is 2. The van der Waals surface area contributed by atoms with Crippen molar-refractivity contribution in [1.82, 2.24) is 0 Å². The Morgan fingerprint density at radius 1 is 0.353 bits per heavy atom. The summed E-state index contributed by atoms with van der Waals surface area (Å²) in [6.45, 7) is 24.8. The van der Waals surface area contributed by atoms with Crippen LogP contribution in [0.3, 0.4) is 0 Å². The van der Waals surface area contributed by atoms with Crippen LogP contribution in [0.5, 0.6) is 0 Å². The Kier molecular flexibility index (Phi) is 35.2. The molecule has 0 heterocycles. The van der Waals surface area contributed by atoms with E-state index in [1.54, 1.807) is 0 Å². The Balaban J connectivity index is 5.20. The lowest BCUT2D eigenvalue weighted by Crippen LogP contribution is -2.28. The Labute approximate surface area is 331 Å². The van der Waals surface area contributed by atoms with Gasteiger partial charge >= 0.3 is 0 Å².